The zero-order valence-electron chi connectivity index (χ0n) is 17.8. The number of carbonyl (C=O) groups excluding carboxylic acids is 2. The van der Waals surface area contributed by atoms with E-state index in [-0.39, 0.29) is 30.6 Å². The van der Waals surface area contributed by atoms with Gasteiger partial charge in [-0.2, -0.15) is 0 Å². The number of benzene rings is 2. The molecule has 0 aliphatic carbocycles. The molecule has 0 bridgehead atoms. The van der Waals surface area contributed by atoms with E-state index in [0.717, 1.165) is 11.1 Å². The Kier molecular flexibility index (Phi) is 6.61. The molecule has 166 valence electrons. The largest absolute Gasteiger partial charge is 0.356 e. The molecule has 1 fully saturated rings. The summed E-state index contributed by atoms with van der Waals surface area (Å²) in [4.78, 5) is 28.9. The third kappa shape index (κ3) is 5.20. The van der Waals surface area contributed by atoms with Gasteiger partial charge >= 0.3 is 0 Å². The molecule has 1 unspecified atom stereocenters. The molecule has 1 aliphatic heterocycles. The maximum absolute atomic E-state index is 13.6. The number of rotatable bonds is 7. The predicted octanol–water partition coefficient (Wildman–Crippen LogP) is 2.83. The van der Waals surface area contributed by atoms with E-state index in [0.29, 0.717) is 31.1 Å². The van der Waals surface area contributed by atoms with Crippen LogP contribution in [0.4, 0.5) is 4.39 Å². The highest BCUT2D eigenvalue weighted by atomic mass is 19.1. The molecule has 2 heterocycles. The number of aromatic nitrogens is 1. The van der Waals surface area contributed by atoms with Crippen molar-refractivity contribution >= 4 is 11.8 Å². The third-order valence-corrected chi connectivity index (χ3v) is 5.53. The maximum atomic E-state index is 13.6. The first kappa shape index (κ1) is 21.7. The fourth-order valence-electron chi connectivity index (χ4n) is 3.82. The molecule has 4 rings (SSSR count). The minimum Gasteiger partial charge on any atom is -0.356 e. The lowest BCUT2D eigenvalue weighted by atomic mass is 10.1. The first-order valence-electron chi connectivity index (χ1n) is 10.5. The average molecular weight is 436 g/mol. The molecule has 7 nitrogen and oxygen atoms in total. The molecule has 1 aliphatic rings. The van der Waals surface area contributed by atoms with E-state index in [9.17, 15) is 14.0 Å². The number of nitrogens with zero attached hydrogens (tertiary/aromatic N) is 3. The van der Waals surface area contributed by atoms with Crippen molar-refractivity contribution in [1.29, 1.82) is 0 Å². The molecule has 1 saturated heterocycles. The van der Waals surface area contributed by atoms with Crippen LogP contribution >= 0.6 is 0 Å². The summed E-state index contributed by atoms with van der Waals surface area (Å²) in [5.74, 6) is -0.0593. The SMILES string of the molecule is CN(Cc1cc(-c2ccccc2)on1)C(=O)CC1C(=O)NCCN1Cc1cccc(F)c1. The fraction of sp³-hybridized carbons (Fsp3) is 0.292. The molecule has 32 heavy (non-hydrogen) atoms. The molecule has 8 heteroatoms. The van der Waals surface area contributed by atoms with E-state index in [4.69, 9.17) is 4.52 Å². The van der Waals surface area contributed by atoms with E-state index in [1.54, 1.807) is 13.1 Å². The summed E-state index contributed by atoms with van der Waals surface area (Å²) in [5.41, 5.74) is 2.30. The summed E-state index contributed by atoms with van der Waals surface area (Å²) in [5, 5.41) is 6.88. The average Bonchev–Trinajstić information content (AvgIpc) is 3.25. The minimum absolute atomic E-state index is 0.0288. The van der Waals surface area contributed by atoms with Crippen molar-refractivity contribution in [3.8, 4) is 11.3 Å². The number of carbonyl (C=O) groups is 2. The Hall–Kier alpha value is -3.52. The van der Waals surface area contributed by atoms with Crippen LogP contribution in [0.5, 0.6) is 0 Å². The standard InChI is InChI=1S/C24H25FN4O3/c1-28(16-20-13-22(32-27-20)18-7-3-2-4-8-18)23(30)14-21-24(31)26-10-11-29(21)15-17-6-5-9-19(25)12-17/h2-9,12-13,21H,10-11,14-16H2,1H3,(H,26,31). The predicted molar refractivity (Wildman–Crippen MR) is 117 cm³/mol. The van der Waals surface area contributed by atoms with Crippen molar-refractivity contribution < 1.29 is 18.5 Å². The number of amides is 2. The van der Waals surface area contributed by atoms with Crippen LogP contribution < -0.4 is 5.32 Å². The van der Waals surface area contributed by atoms with E-state index < -0.39 is 6.04 Å². The van der Waals surface area contributed by atoms with Gasteiger partial charge in [0.2, 0.25) is 11.8 Å². The van der Waals surface area contributed by atoms with Crippen LogP contribution in [0.25, 0.3) is 11.3 Å². The maximum Gasteiger partial charge on any atom is 0.237 e. The van der Waals surface area contributed by atoms with Gasteiger partial charge in [-0.3, -0.25) is 14.5 Å². The molecular formula is C24H25FN4O3. The Morgan fingerprint density at radius 3 is 2.81 bits per heavy atom. The summed E-state index contributed by atoms with van der Waals surface area (Å²) in [7, 11) is 1.68. The number of halogens is 1. The molecule has 1 N–H and O–H groups in total. The smallest absolute Gasteiger partial charge is 0.237 e. The van der Waals surface area contributed by atoms with Crippen molar-refractivity contribution in [2.45, 2.75) is 25.6 Å². The summed E-state index contributed by atoms with van der Waals surface area (Å²) >= 11 is 0. The van der Waals surface area contributed by atoms with Gasteiger partial charge < -0.3 is 14.7 Å². The number of nitrogens with one attached hydrogen (secondary N) is 1. The molecule has 0 radical (unpaired) electrons. The second kappa shape index (κ2) is 9.74. The normalized spacial score (nSPS) is 16.6. The lowest BCUT2D eigenvalue weighted by Gasteiger charge is -2.35. The van der Waals surface area contributed by atoms with Crippen LogP contribution in [0.15, 0.2) is 65.2 Å². The number of hydrogen-bond donors (Lipinski definition) is 1. The van der Waals surface area contributed by atoms with Gasteiger partial charge in [-0.25, -0.2) is 4.39 Å². The van der Waals surface area contributed by atoms with E-state index in [2.05, 4.69) is 10.5 Å². The molecule has 0 spiro atoms. The zero-order chi connectivity index (χ0) is 22.5. The summed E-state index contributed by atoms with van der Waals surface area (Å²) < 4.78 is 19.0. The van der Waals surface area contributed by atoms with Crippen molar-refractivity contribution in [3.05, 3.63) is 77.7 Å². The number of hydrogen-bond acceptors (Lipinski definition) is 5. The fourth-order valence-corrected chi connectivity index (χ4v) is 3.82. The van der Waals surface area contributed by atoms with Gasteiger partial charge in [-0.15, -0.1) is 0 Å². The van der Waals surface area contributed by atoms with Gasteiger partial charge in [0.1, 0.15) is 11.5 Å². The second-order valence-electron chi connectivity index (χ2n) is 7.91. The van der Waals surface area contributed by atoms with Crippen molar-refractivity contribution in [2.24, 2.45) is 0 Å². The molecule has 1 aromatic heterocycles. The molecule has 3 aromatic rings. The van der Waals surface area contributed by atoms with Crippen molar-refractivity contribution in [1.82, 2.24) is 20.3 Å². The van der Waals surface area contributed by atoms with Gasteiger partial charge in [0.25, 0.3) is 0 Å². The molecule has 0 saturated carbocycles. The minimum atomic E-state index is -0.612. The molecule has 1 atom stereocenters. The van der Waals surface area contributed by atoms with E-state index in [1.807, 2.05) is 47.4 Å². The highest BCUT2D eigenvalue weighted by Crippen LogP contribution is 2.21. The van der Waals surface area contributed by atoms with E-state index >= 15 is 0 Å². The quantitative estimate of drug-likeness (QED) is 0.616. The second-order valence-corrected chi connectivity index (χ2v) is 7.91. The first-order valence-corrected chi connectivity index (χ1v) is 10.5. The van der Waals surface area contributed by atoms with Gasteiger partial charge in [-0.1, -0.05) is 47.6 Å². The van der Waals surface area contributed by atoms with Crippen LogP contribution in [0, 0.1) is 5.82 Å². The van der Waals surface area contributed by atoms with Crippen LogP contribution in [0.3, 0.4) is 0 Å². The Bertz CT molecular complexity index is 1090. The van der Waals surface area contributed by atoms with Crippen molar-refractivity contribution in [3.63, 3.8) is 0 Å². The van der Waals surface area contributed by atoms with E-state index in [1.165, 1.54) is 17.0 Å². The van der Waals surface area contributed by atoms with Crippen LogP contribution in [0.2, 0.25) is 0 Å². The molecule has 2 amide bonds. The molecule has 2 aromatic carbocycles. The third-order valence-electron chi connectivity index (χ3n) is 5.53. The lowest BCUT2D eigenvalue weighted by Crippen LogP contribution is -2.56. The van der Waals surface area contributed by atoms with Gasteiger partial charge in [0.15, 0.2) is 5.76 Å². The highest BCUT2D eigenvalue weighted by molar-refractivity contribution is 5.88. The Morgan fingerprint density at radius 1 is 1.22 bits per heavy atom. The molecular weight excluding hydrogens is 411 g/mol. The summed E-state index contributed by atoms with van der Waals surface area (Å²) in [6, 6.07) is 17.1. The van der Waals surface area contributed by atoms with Gasteiger partial charge in [-0.05, 0) is 17.7 Å². The summed E-state index contributed by atoms with van der Waals surface area (Å²) in [6.45, 7) is 1.76. The van der Waals surface area contributed by atoms with Crippen LogP contribution in [-0.4, -0.2) is 52.9 Å². The Morgan fingerprint density at radius 2 is 2.03 bits per heavy atom. The van der Waals surface area contributed by atoms with Gasteiger partial charge in [0.05, 0.1) is 19.0 Å². The summed E-state index contributed by atoms with van der Waals surface area (Å²) in [6.07, 6.45) is 0.0288. The Labute approximate surface area is 185 Å². The lowest BCUT2D eigenvalue weighted by molar-refractivity contribution is -0.138. The zero-order valence-corrected chi connectivity index (χ0v) is 17.8. The Balaban J connectivity index is 1.39. The van der Waals surface area contributed by atoms with Crippen molar-refractivity contribution in [2.75, 3.05) is 20.1 Å². The first-order chi connectivity index (χ1) is 15.5. The van der Waals surface area contributed by atoms with Gasteiger partial charge in [0, 0.05) is 38.3 Å². The van der Waals surface area contributed by atoms with Crippen LogP contribution in [0.1, 0.15) is 17.7 Å². The monoisotopic (exact) mass is 436 g/mol. The topological polar surface area (TPSA) is 78.7 Å². The van der Waals surface area contributed by atoms with Crippen LogP contribution in [-0.2, 0) is 22.7 Å². The number of piperazine rings is 1. The highest BCUT2D eigenvalue weighted by Gasteiger charge is 2.32.